The van der Waals surface area contributed by atoms with Gasteiger partial charge in [0, 0.05) is 37.8 Å². The lowest BCUT2D eigenvalue weighted by Crippen LogP contribution is -2.41. The number of likely N-dealkylation sites (N-methyl/N-ethyl adjacent to an activating group) is 2. The normalized spacial score (nSPS) is 10.0. The third kappa shape index (κ3) is 4.27. The van der Waals surface area contributed by atoms with Crippen LogP contribution in [0.15, 0.2) is 24.3 Å². The van der Waals surface area contributed by atoms with E-state index in [0.717, 1.165) is 0 Å². The molecule has 0 bridgehead atoms. The van der Waals surface area contributed by atoms with E-state index in [1.807, 2.05) is 13.8 Å². The Balaban J connectivity index is 2.74. The van der Waals surface area contributed by atoms with Crippen molar-refractivity contribution in [2.24, 2.45) is 0 Å². The van der Waals surface area contributed by atoms with Gasteiger partial charge in [-0.15, -0.1) is 0 Å². The lowest BCUT2D eigenvalue weighted by molar-refractivity contribution is -0.384. The molecule has 1 rings (SSSR count). The van der Waals surface area contributed by atoms with Gasteiger partial charge in [-0.05, 0) is 26.0 Å². The van der Waals surface area contributed by atoms with E-state index in [-0.39, 0.29) is 24.0 Å². The molecule has 0 atom stereocenters. The molecular formula is C14H19N3O4. The number of hydrogen-bond donors (Lipinski definition) is 0. The zero-order chi connectivity index (χ0) is 16.0. The molecular weight excluding hydrogens is 274 g/mol. The van der Waals surface area contributed by atoms with Crippen LogP contribution >= 0.6 is 0 Å². The summed E-state index contributed by atoms with van der Waals surface area (Å²) >= 11 is 0. The molecule has 7 nitrogen and oxygen atoms in total. The van der Waals surface area contributed by atoms with Gasteiger partial charge in [0.15, 0.2) is 0 Å². The minimum atomic E-state index is -0.526. The van der Waals surface area contributed by atoms with Crippen LogP contribution in [0, 0.1) is 10.1 Å². The Morgan fingerprint density at radius 3 is 2.10 bits per heavy atom. The third-order valence-corrected chi connectivity index (χ3v) is 3.16. The monoisotopic (exact) mass is 293 g/mol. The zero-order valence-electron chi connectivity index (χ0n) is 12.4. The number of benzene rings is 1. The Morgan fingerprint density at radius 1 is 1.14 bits per heavy atom. The van der Waals surface area contributed by atoms with Crippen LogP contribution < -0.4 is 0 Å². The molecule has 0 N–H and O–H groups in total. The van der Waals surface area contributed by atoms with Crippen molar-refractivity contribution in [3.63, 3.8) is 0 Å². The average Bonchev–Trinajstić information content (AvgIpc) is 2.47. The number of rotatable bonds is 6. The van der Waals surface area contributed by atoms with Crippen LogP contribution in [-0.4, -0.2) is 53.2 Å². The number of carbonyl (C=O) groups is 2. The van der Waals surface area contributed by atoms with E-state index in [2.05, 4.69) is 0 Å². The third-order valence-electron chi connectivity index (χ3n) is 3.16. The van der Waals surface area contributed by atoms with Crippen molar-refractivity contribution in [2.45, 2.75) is 13.8 Å². The lowest BCUT2D eigenvalue weighted by Gasteiger charge is -2.23. The molecule has 114 valence electrons. The maximum Gasteiger partial charge on any atom is 0.269 e. The summed E-state index contributed by atoms with van der Waals surface area (Å²) in [7, 11) is 1.53. The molecule has 0 aliphatic carbocycles. The van der Waals surface area contributed by atoms with Gasteiger partial charge in [-0.3, -0.25) is 19.7 Å². The molecule has 2 amide bonds. The predicted molar refractivity (Wildman–Crippen MR) is 78.0 cm³/mol. The highest BCUT2D eigenvalue weighted by Gasteiger charge is 2.18. The number of carbonyl (C=O) groups excluding carboxylic acids is 2. The summed E-state index contributed by atoms with van der Waals surface area (Å²) in [6.07, 6.45) is 0. The Hall–Kier alpha value is -2.44. The topological polar surface area (TPSA) is 83.8 Å². The Morgan fingerprint density at radius 2 is 1.67 bits per heavy atom. The maximum absolute atomic E-state index is 12.1. The van der Waals surface area contributed by atoms with Gasteiger partial charge in [-0.1, -0.05) is 0 Å². The fourth-order valence-electron chi connectivity index (χ4n) is 1.90. The van der Waals surface area contributed by atoms with Crippen molar-refractivity contribution in [1.29, 1.82) is 0 Å². The molecule has 0 aliphatic rings. The number of amides is 2. The quantitative estimate of drug-likeness (QED) is 0.588. The molecule has 0 radical (unpaired) electrons. The highest BCUT2D eigenvalue weighted by Crippen LogP contribution is 2.13. The molecule has 0 heterocycles. The molecule has 0 aromatic heterocycles. The smallest absolute Gasteiger partial charge is 0.269 e. The summed E-state index contributed by atoms with van der Waals surface area (Å²) < 4.78 is 0. The van der Waals surface area contributed by atoms with E-state index < -0.39 is 4.92 Å². The first kappa shape index (κ1) is 16.6. The fraction of sp³-hybridized carbons (Fsp3) is 0.429. The van der Waals surface area contributed by atoms with Crippen LogP contribution in [0.2, 0.25) is 0 Å². The zero-order valence-corrected chi connectivity index (χ0v) is 12.4. The molecule has 1 aromatic rings. The van der Waals surface area contributed by atoms with Crippen molar-refractivity contribution in [2.75, 3.05) is 26.7 Å². The Bertz CT molecular complexity index is 524. The summed E-state index contributed by atoms with van der Waals surface area (Å²) in [5.74, 6) is -0.469. The van der Waals surface area contributed by atoms with Gasteiger partial charge in [-0.25, -0.2) is 0 Å². The first-order chi connectivity index (χ1) is 9.90. The predicted octanol–water partition coefficient (Wildman–Crippen LogP) is 1.54. The summed E-state index contributed by atoms with van der Waals surface area (Å²) in [5.41, 5.74) is 0.240. The number of nitrogens with zero attached hydrogens (tertiary/aromatic N) is 3. The van der Waals surface area contributed by atoms with Crippen molar-refractivity contribution in [1.82, 2.24) is 9.80 Å². The highest BCUT2D eigenvalue weighted by atomic mass is 16.6. The van der Waals surface area contributed by atoms with E-state index in [4.69, 9.17) is 0 Å². The SMILES string of the molecule is CCN(CC)C(=O)CN(C)C(=O)c1ccc([N+](=O)[O-])cc1. The van der Waals surface area contributed by atoms with E-state index in [9.17, 15) is 19.7 Å². The van der Waals surface area contributed by atoms with Gasteiger partial charge in [0.05, 0.1) is 11.5 Å². The van der Waals surface area contributed by atoms with Crippen molar-refractivity contribution in [3.05, 3.63) is 39.9 Å². The molecule has 0 unspecified atom stereocenters. The second kappa shape index (κ2) is 7.37. The molecule has 0 saturated carbocycles. The molecule has 1 aromatic carbocycles. The lowest BCUT2D eigenvalue weighted by atomic mass is 10.2. The van der Waals surface area contributed by atoms with Crippen molar-refractivity contribution >= 4 is 17.5 Å². The van der Waals surface area contributed by atoms with Gasteiger partial charge in [0.2, 0.25) is 5.91 Å². The van der Waals surface area contributed by atoms with Gasteiger partial charge in [-0.2, -0.15) is 0 Å². The number of hydrogen-bond acceptors (Lipinski definition) is 4. The first-order valence-electron chi connectivity index (χ1n) is 6.68. The van der Waals surface area contributed by atoms with Crippen LogP contribution in [0.5, 0.6) is 0 Å². The van der Waals surface area contributed by atoms with Crippen molar-refractivity contribution in [3.8, 4) is 0 Å². The van der Waals surface area contributed by atoms with E-state index >= 15 is 0 Å². The van der Waals surface area contributed by atoms with Crippen LogP contribution in [0.1, 0.15) is 24.2 Å². The number of non-ortho nitro benzene ring substituents is 1. The van der Waals surface area contributed by atoms with E-state index in [1.54, 1.807) is 4.90 Å². The largest absolute Gasteiger partial charge is 0.342 e. The molecule has 0 aliphatic heterocycles. The Kier molecular flexibility index (Phi) is 5.83. The van der Waals surface area contributed by atoms with Gasteiger partial charge >= 0.3 is 0 Å². The van der Waals surface area contributed by atoms with Crippen LogP contribution in [0.3, 0.4) is 0 Å². The minimum absolute atomic E-state index is 0.0164. The molecule has 21 heavy (non-hydrogen) atoms. The average molecular weight is 293 g/mol. The second-order valence-electron chi connectivity index (χ2n) is 4.53. The summed E-state index contributed by atoms with van der Waals surface area (Å²) in [5, 5.41) is 10.6. The van der Waals surface area contributed by atoms with Gasteiger partial charge in [0.25, 0.3) is 11.6 Å². The number of nitro groups is 1. The summed E-state index contributed by atoms with van der Waals surface area (Å²) in [4.78, 5) is 37.1. The molecule has 0 saturated heterocycles. The fourth-order valence-corrected chi connectivity index (χ4v) is 1.90. The van der Waals surface area contributed by atoms with Crippen LogP contribution in [0.25, 0.3) is 0 Å². The standard InChI is InChI=1S/C14H19N3O4/c1-4-16(5-2)13(18)10-15(3)14(19)11-6-8-12(9-7-11)17(20)21/h6-9H,4-5,10H2,1-3H3. The molecule has 0 spiro atoms. The second-order valence-corrected chi connectivity index (χ2v) is 4.53. The highest BCUT2D eigenvalue weighted by molar-refractivity contribution is 5.96. The van der Waals surface area contributed by atoms with E-state index in [1.165, 1.54) is 36.2 Å². The van der Waals surface area contributed by atoms with Crippen LogP contribution in [-0.2, 0) is 4.79 Å². The Labute approximate surface area is 123 Å². The van der Waals surface area contributed by atoms with Gasteiger partial charge in [0.1, 0.15) is 0 Å². The van der Waals surface area contributed by atoms with E-state index in [0.29, 0.717) is 18.7 Å². The van der Waals surface area contributed by atoms with Crippen LogP contribution in [0.4, 0.5) is 5.69 Å². The molecule has 7 heteroatoms. The van der Waals surface area contributed by atoms with Gasteiger partial charge < -0.3 is 9.80 Å². The summed E-state index contributed by atoms with van der Waals surface area (Å²) in [6.45, 7) is 4.92. The molecule has 0 fully saturated rings. The summed E-state index contributed by atoms with van der Waals surface area (Å²) in [6, 6.07) is 5.32. The minimum Gasteiger partial charge on any atom is -0.342 e. The first-order valence-corrected chi connectivity index (χ1v) is 6.68. The number of nitro benzene ring substituents is 1. The van der Waals surface area contributed by atoms with Crippen molar-refractivity contribution < 1.29 is 14.5 Å². The maximum atomic E-state index is 12.1.